The highest BCUT2D eigenvalue weighted by Gasteiger charge is 2.12. The maximum Gasteiger partial charge on any atom is 0.347 e. The summed E-state index contributed by atoms with van der Waals surface area (Å²) >= 11 is 1.48. The molecule has 0 unspecified atom stereocenters. The average molecular weight is 328 g/mol. The summed E-state index contributed by atoms with van der Waals surface area (Å²) in [5, 5.41) is 2.48. The van der Waals surface area contributed by atoms with Gasteiger partial charge in [0.1, 0.15) is 16.9 Å². The Morgan fingerprint density at radius 1 is 1.22 bits per heavy atom. The van der Waals surface area contributed by atoms with Crippen LogP contribution < -0.4 is 10.4 Å². The lowest BCUT2D eigenvalue weighted by atomic mass is 10.1. The van der Waals surface area contributed by atoms with Gasteiger partial charge in [-0.25, -0.2) is 4.79 Å². The number of fused-ring (bicyclic) bond motifs is 1. The highest BCUT2D eigenvalue weighted by atomic mass is 32.1. The third kappa shape index (κ3) is 3.37. The summed E-state index contributed by atoms with van der Waals surface area (Å²) in [6.45, 7) is 1.30. The molecule has 0 spiro atoms. The normalized spacial score (nSPS) is 10.7. The zero-order valence-corrected chi connectivity index (χ0v) is 13.0. The number of hydrogen-bond acceptors (Lipinski definition) is 6. The number of thiophene rings is 1. The maximum absolute atomic E-state index is 11.9. The second-order valence-corrected chi connectivity index (χ2v) is 5.97. The van der Waals surface area contributed by atoms with Crippen LogP contribution in [0.2, 0.25) is 0 Å². The van der Waals surface area contributed by atoms with Crippen LogP contribution in [0.15, 0.2) is 51.0 Å². The fourth-order valence-electron chi connectivity index (χ4n) is 2.12. The van der Waals surface area contributed by atoms with Gasteiger partial charge in [0.15, 0.2) is 5.78 Å². The van der Waals surface area contributed by atoms with Crippen molar-refractivity contribution in [3.8, 4) is 5.75 Å². The smallest absolute Gasteiger partial charge is 0.347 e. The van der Waals surface area contributed by atoms with Gasteiger partial charge in [-0.1, -0.05) is 6.07 Å². The minimum absolute atomic E-state index is 0.0000554. The molecule has 23 heavy (non-hydrogen) atoms. The fraction of sp³-hybridized carbons (Fsp3) is 0.118. The molecule has 0 saturated carbocycles. The predicted octanol–water partition coefficient (Wildman–Crippen LogP) is 3.21. The van der Waals surface area contributed by atoms with Crippen molar-refractivity contribution in [2.75, 3.05) is 0 Å². The third-order valence-electron chi connectivity index (χ3n) is 3.22. The van der Waals surface area contributed by atoms with Crippen molar-refractivity contribution in [2.24, 2.45) is 0 Å². The molecule has 3 aromatic rings. The molecule has 6 heteroatoms. The molecule has 0 atom stereocenters. The second-order valence-electron chi connectivity index (χ2n) is 4.93. The zero-order valence-electron chi connectivity index (χ0n) is 12.2. The minimum atomic E-state index is -0.702. The Labute approximate surface area is 135 Å². The number of benzene rings is 1. The molecule has 0 N–H and O–H groups in total. The van der Waals surface area contributed by atoms with Gasteiger partial charge in [0.05, 0.1) is 6.42 Å². The third-order valence-corrected chi connectivity index (χ3v) is 4.09. The lowest BCUT2D eigenvalue weighted by Gasteiger charge is -2.05. The summed E-state index contributed by atoms with van der Waals surface area (Å²) in [4.78, 5) is 35.9. The van der Waals surface area contributed by atoms with Gasteiger partial charge in [0, 0.05) is 16.3 Å². The number of esters is 1. The summed E-state index contributed by atoms with van der Waals surface area (Å²) in [5.74, 6) is -0.459. The Kier molecular flexibility index (Phi) is 4.08. The Bertz CT molecular complexity index is 937. The molecule has 0 aliphatic rings. The van der Waals surface area contributed by atoms with E-state index in [2.05, 4.69) is 0 Å². The molecule has 116 valence electrons. The number of Topliss-reactive ketones (excluding diaryl/α,β-unsaturated/α-hetero) is 1. The first-order valence-corrected chi connectivity index (χ1v) is 7.73. The molecule has 5 nitrogen and oxygen atoms in total. The molecule has 0 radical (unpaired) electrons. The summed E-state index contributed by atoms with van der Waals surface area (Å²) in [7, 11) is 0. The molecule has 0 aliphatic heterocycles. The van der Waals surface area contributed by atoms with Crippen LogP contribution in [0.3, 0.4) is 0 Å². The van der Waals surface area contributed by atoms with E-state index in [1.807, 2.05) is 17.5 Å². The summed E-state index contributed by atoms with van der Waals surface area (Å²) in [6, 6.07) is 9.89. The van der Waals surface area contributed by atoms with Gasteiger partial charge < -0.3 is 9.15 Å². The molecule has 1 aromatic carbocycles. The first-order valence-electron chi connectivity index (χ1n) is 6.85. The van der Waals surface area contributed by atoms with Gasteiger partial charge in [-0.2, -0.15) is 0 Å². The van der Waals surface area contributed by atoms with E-state index in [-0.39, 0.29) is 29.1 Å². The number of carbonyl (C=O) groups excluding carboxylic acids is 2. The quantitative estimate of drug-likeness (QED) is 0.318. The highest BCUT2D eigenvalue weighted by molar-refractivity contribution is 7.10. The molecular formula is C17H12O5S. The van der Waals surface area contributed by atoms with E-state index < -0.39 is 11.6 Å². The molecular weight excluding hydrogens is 316 g/mol. The van der Waals surface area contributed by atoms with Gasteiger partial charge in [0.25, 0.3) is 0 Å². The van der Waals surface area contributed by atoms with Crippen molar-refractivity contribution in [1.29, 1.82) is 0 Å². The lowest BCUT2D eigenvalue weighted by molar-refractivity contribution is -0.133. The number of carbonyl (C=O) groups is 2. The van der Waals surface area contributed by atoms with Gasteiger partial charge >= 0.3 is 11.6 Å². The van der Waals surface area contributed by atoms with Crippen LogP contribution in [0.25, 0.3) is 11.0 Å². The van der Waals surface area contributed by atoms with Crippen molar-refractivity contribution in [3.63, 3.8) is 0 Å². The Morgan fingerprint density at radius 2 is 2.04 bits per heavy atom. The van der Waals surface area contributed by atoms with Crippen molar-refractivity contribution >= 4 is 34.1 Å². The van der Waals surface area contributed by atoms with Crippen LogP contribution in [0.5, 0.6) is 5.75 Å². The largest absolute Gasteiger partial charge is 0.426 e. The first-order chi connectivity index (χ1) is 11.0. The van der Waals surface area contributed by atoms with E-state index in [0.29, 0.717) is 5.39 Å². The van der Waals surface area contributed by atoms with E-state index in [1.54, 1.807) is 12.1 Å². The zero-order chi connectivity index (χ0) is 16.4. The number of ketones is 1. The van der Waals surface area contributed by atoms with E-state index in [9.17, 15) is 14.4 Å². The standard InChI is InChI=1S/C17H12O5S/c1-10(18)14-7-11-4-5-12(8-15(11)22-17(14)20)21-16(19)9-13-3-2-6-23-13/h2-8H,9H2,1H3. The molecule has 0 fully saturated rings. The van der Waals surface area contributed by atoms with E-state index in [4.69, 9.17) is 9.15 Å². The SMILES string of the molecule is CC(=O)c1cc2ccc(OC(=O)Cc3cccs3)cc2oc1=O. The molecule has 2 heterocycles. The number of hydrogen-bond donors (Lipinski definition) is 0. The minimum Gasteiger partial charge on any atom is -0.426 e. The van der Waals surface area contributed by atoms with Crippen molar-refractivity contribution < 1.29 is 18.7 Å². The Balaban J connectivity index is 1.85. The molecule has 0 aliphatic carbocycles. The monoisotopic (exact) mass is 328 g/mol. The van der Waals surface area contributed by atoms with Gasteiger partial charge in [-0.15, -0.1) is 11.3 Å². The Morgan fingerprint density at radius 3 is 2.74 bits per heavy atom. The average Bonchev–Trinajstić information content (AvgIpc) is 2.98. The summed E-state index contributed by atoms with van der Waals surface area (Å²) in [6.07, 6.45) is 0.183. The number of rotatable bonds is 4. The van der Waals surface area contributed by atoms with Gasteiger partial charge in [0.2, 0.25) is 0 Å². The van der Waals surface area contributed by atoms with Crippen molar-refractivity contribution in [1.82, 2.24) is 0 Å². The second kappa shape index (κ2) is 6.18. The van der Waals surface area contributed by atoms with Crippen LogP contribution in [-0.2, 0) is 11.2 Å². The fourth-order valence-corrected chi connectivity index (χ4v) is 2.81. The molecule has 3 rings (SSSR count). The topological polar surface area (TPSA) is 73.6 Å². The van der Waals surface area contributed by atoms with Crippen LogP contribution in [0, 0.1) is 0 Å². The molecule has 2 aromatic heterocycles. The van der Waals surface area contributed by atoms with Gasteiger partial charge in [-0.05, 0) is 36.6 Å². The number of ether oxygens (including phenoxy) is 1. The van der Waals surface area contributed by atoms with E-state index >= 15 is 0 Å². The summed E-state index contributed by atoms with van der Waals surface area (Å²) in [5.41, 5.74) is -0.437. The predicted molar refractivity (Wildman–Crippen MR) is 86.1 cm³/mol. The molecule has 0 saturated heterocycles. The lowest BCUT2D eigenvalue weighted by Crippen LogP contribution is -2.12. The molecule has 0 amide bonds. The van der Waals surface area contributed by atoms with Crippen LogP contribution >= 0.6 is 11.3 Å². The van der Waals surface area contributed by atoms with E-state index in [0.717, 1.165) is 4.88 Å². The Hall–Kier alpha value is -2.73. The van der Waals surface area contributed by atoms with Crippen molar-refractivity contribution in [3.05, 3.63) is 62.6 Å². The van der Waals surface area contributed by atoms with Crippen molar-refractivity contribution in [2.45, 2.75) is 13.3 Å². The van der Waals surface area contributed by atoms with Crippen LogP contribution in [-0.4, -0.2) is 11.8 Å². The van der Waals surface area contributed by atoms with Crippen LogP contribution in [0.4, 0.5) is 0 Å². The maximum atomic E-state index is 11.9. The molecule has 0 bridgehead atoms. The first kappa shape index (κ1) is 15.2. The van der Waals surface area contributed by atoms with Gasteiger partial charge in [-0.3, -0.25) is 9.59 Å². The van der Waals surface area contributed by atoms with Crippen LogP contribution in [0.1, 0.15) is 22.2 Å². The highest BCUT2D eigenvalue weighted by Crippen LogP contribution is 2.21. The summed E-state index contributed by atoms with van der Waals surface area (Å²) < 4.78 is 10.4. The van der Waals surface area contributed by atoms with E-state index in [1.165, 1.54) is 30.4 Å².